The van der Waals surface area contributed by atoms with Gasteiger partial charge in [-0.3, -0.25) is 14.4 Å². The van der Waals surface area contributed by atoms with Gasteiger partial charge in [0.1, 0.15) is 0 Å². The molecule has 0 bridgehead atoms. The Morgan fingerprint density at radius 2 is 1.06 bits per heavy atom. The molecule has 3 rings (SSSR count). The van der Waals surface area contributed by atoms with E-state index in [2.05, 4.69) is 13.8 Å². The largest absolute Gasteiger partial charge is 0.339 e. The molecule has 0 heterocycles. The molecule has 2 aromatic carbocycles. The molecule has 0 saturated heterocycles. The van der Waals surface area contributed by atoms with E-state index in [1.807, 2.05) is 4.90 Å². The van der Waals surface area contributed by atoms with Crippen molar-refractivity contribution in [3.63, 3.8) is 0 Å². The lowest BCUT2D eigenvalue weighted by Crippen LogP contribution is -2.33. The SMILES string of the molecule is CCCCCCCCN(CCCCCCCC)C(=O)c1ccc2c(c1)C(=O)c1ccccc1C2=O. The minimum absolute atomic E-state index is 0.0333. The fourth-order valence-corrected chi connectivity index (χ4v) is 4.90. The Morgan fingerprint density at radius 1 is 0.600 bits per heavy atom. The van der Waals surface area contributed by atoms with E-state index in [4.69, 9.17) is 0 Å². The number of rotatable bonds is 15. The van der Waals surface area contributed by atoms with Crippen molar-refractivity contribution in [1.82, 2.24) is 4.90 Å². The van der Waals surface area contributed by atoms with E-state index in [-0.39, 0.29) is 17.5 Å². The number of carbonyl (C=O) groups is 3. The maximum absolute atomic E-state index is 13.5. The monoisotopic (exact) mass is 475 g/mol. The summed E-state index contributed by atoms with van der Waals surface area (Å²) >= 11 is 0. The second-order valence-electron chi connectivity index (χ2n) is 9.79. The highest BCUT2D eigenvalue weighted by Gasteiger charge is 2.30. The smallest absolute Gasteiger partial charge is 0.253 e. The van der Waals surface area contributed by atoms with Gasteiger partial charge in [-0.1, -0.05) is 102 Å². The zero-order chi connectivity index (χ0) is 25.0. The first kappa shape index (κ1) is 26.8. The summed E-state index contributed by atoms with van der Waals surface area (Å²) in [6.45, 7) is 5.92. The maximum Gasteiger partial charge on any atom is 0.253 e. The minimum Gasteiger partial charge on any atom is -0.339 e. The van der Waals surface area contributed by atoms with Crippen LogP contribution in [0.25, 0.3) is 0 Å². The van der Waals surface area contributed by atoms with E-state index < -0.39 is 0 Å². The van der Waals surface area contributed by atoms with Gasteiger partial charge >= 0.3 is 0 Å². The normalized spacial score (nSPS) is 12.4. The molecule has 1 aliphatic rings. The second-order valence-corrected chi connectivity index (χ2v) is 9.79. The van der Waals surface area contributed by atoms with Gasteiger partial charge in [0.2, 0.25) is 0 Å². The molecule has 0 aromatic heterocycles. The van der Waals surface area contributed by atoms with E-state index in [1.54, 1.807) is 42.5 Å². The van der Waals surface area contributed by atoms with Crippen LogP contribution < -0.4 is 0 Å². The molecule has 0 fully saturated rings. The summed E-state index contributed by atoms with van der Waals surface area (Å²) in [6.07, 6.45) is 14.2. The first-order valence-corrected chi connectivity index (χ1v) is 13.7. The Hall–Kier alpha value is -2.75. The van der Waals surface area contributed by atoms with Gasteiger partial charge in [0.25, 0.3) is 5.91 Å². The van der Waals surface area contributed by atoms with E-state index in [1.165, 1.54) is 51.4 Å². The highest BCUT2D eigenvalue weighted by Crippen LogP contribution is 2.28. The molecule has 0 unspecified atom stereocenters. The molecule has 0 atom stereocenters. The Labute approximate surface area is 211 Å². The quantitative estimate of drug-likeness (QED) is 0.212. The molecule has 35 heavy (non-hydrogen) atoms. The van der Waals surface area contributed by atoms with Crippen LogP contribution in [0.15, 0.2) is 42.5 Å². The van der Waals surface area contributed by atoms with Crippen LogP contribution in [0, 0.1) is 0 Å². The van der Waals surface area contributed by atoms with Crippen LogP contribution in [-0.4, -0.2) is 35.5 Å². The van der Waals surface area contributed by atoms with Gasteiger partial charge in [0, 0.05) is 40.9 Å². The third-order valence-electron chi connectivity index (χ3n) is 7.02. The first-order valence-electron chi connectivity index (χ1n) is 13.7. The summed E-state index contributed by atoms with van der Waals surface area (Å²) in [5.41, 5.74) is 2.10. The topological polar surface area (TPSA) is 54.5 Å². The lowest BCUT2D eigenvalue weighted by molar-refractivity contribution is 0.0748. The van der Waals surface area contributed by atoms with Gasteiger partial charge in [0.05, 0.1) is 0 Å². The van der Waals surface area contributed by atoms with Crippen molar-refractivity contribution >= 4 is 17.5 Å². The third-order valence-corrected chi connectivity index (χ3v) is 7.02. The summed E-state index contributed by atoms with van der Waals surface area (Å²) in [5.74, 6) is -0.359. The summed E-state index contributed by atoms with van der Waals surface area (Å²) in [4.78, 5) is 41.5. The standard InChI is InChI=1S/C31H41NO3/c1-3-5-7-9-11-15-21-32(22-16-12-10-8-6-4-2)31(35)24-19-20-27-28(23-24)30(34)26-18-14-13-17-25(26)29(27)33/h13-14,17-20,23H,3-12,15-16,21-22H2,1-2H3. The van der Waals surface area contributed by atoms with Gasteiger partial charge in [0.15, 0.2) is 11.6 Å². The second kappa shape index (κ2) is 14.0. The van der Waals surface area contributed by atoms with Crippen molar-refractivity contribution < 1.29 is 14.4 Å². The molecule has 0 saturated carbocycles. The van der Waals surface area contributed by atoms with E-state index in [9.17, 15) is 14.4 Å². The maximum atomic E-state index is 13.5. The van der Waals surface area contributed by atoms with Crippen LogP contribution in [0.5, 0.6) is 0 Å². The fraction of sp³-hybridized carbons (Fsp3) is 0.516. The number of hydrogen-bond acceptors (Lipinski definition) is 3. The predicted octanol–water partition coefficient (Wildman–Crippen LogP) is 7.63. The van der Waals surface area contributed by atoms with Crippen LogP contribution in [-0.2, 0) is 0 Å². The third kappa shape index (κ3) is 7.13. The zero-order valence-electron chi connectivity index (χ0n) is 21.6. The van der Waals surface area contributed by atoms with Crippen molar-refractivity contribution in [2.45, 2.75) is 90.9 Å². The molecule has 4 nitrogen and oxygen atoms in total. The molecule has 4 heteroatoms. The Morgan fingerprint density at radius 3 is 1.60 bits per heavy atom. The molecular formula is C31H41NO3. The highest BCUT2D eigenvalue weighted by molar-refractivity contribution is 6.28. The van der Waals surface area contributed by atoms with Gasteiger partial charge in [-0.25, -0.2) is 0 Å². The van der Waals surface area contributed by atoms with Crippen LogP contribution in [0.3, 0.4) is 0 Å². The van der Waals surface area contributed by atoms with Gasteiger partial charge in [-0.2, -0.15) is 0 Å². The number of benzene rings is 2. The molecule has 2 aromatic rings. The fourth-order valence-electron chi connectivity index (χ4n) is 4.90. The molecule has 1 amide bonds. The summed E-state index contributed by atoms with van der Waals surface area (Å²) in [7, 11) is 0. The van der Waals surface area contributed by atoms with Crippen molar-refractivity contribution in [3.8, 4) is 0 Å². The van der Waals surface area contributed by atoms with Crippen molar-refractivity contribution in [2.24, 2.45) is 0 Å². The number of carbonyl (C=O) groups excluding carboxylic acids is 3. The predicted molar refractivity (Wildman–Crippen MR) is 142 cm³/mol. The molecule has 188 valence electrons. The number of hydrogen-bond donors (Lipinski definition) is 0. The number of unbranched alkanes of at least 4 members (excludes halogenated alkanes) is 10. The Kier molecular flexibility index (Phi) is 10.7. The van der Waals surface area contributed by atoms with Crippen LogP contribution in [0.2, 0.25) is 0 Å². The summed E-state index contributed by atoms with van der Waals surface area (Å²) in [6, 6.07) is 11.9. The lowest BCUT2D eigenvalue weighted by Gasteiger charge is -2.24. The van der Waals surface area contributed by atoms with Crippen LogP contribution >= 0.6 is 0 Å². The van der Waals surface area contributed by atoms with Gasteiger partial charge in [-0.15, -0.1) is 0 Å². The van der Waals surface area contributed by atoms with Crippen LogP contribution in [0.1, 0.15) is 133 Å². The first-order chi connectivity index (χ1) is 17.1. The summed E-state index contributed by atoms with van der Waals surface area (Å²) < 4.78 is 0. The Balaban J connectivity index is 1.70. The molecule has 0 N–H and O–H groups in total. The minimum atomic E-state index is -0.178. The molecular weight excluding hydrogens is 434 g/mol. The van der Waals surface area contributed by atoms with Gasteiger partial charge < -0.3 is 4.90 Å². The van der Waals surface area contributed by atoms with E-state index >= 15 is 0 Å². The highest BCUT2D eigenvalue weighted by atomic mass is 16.2. The van der Waals surface area contributed by atoms with E-state index in [0.29, 0.717) is 27.8 Å². The average molecular weight is 476 g/mol. The molecule has 0 spiro atoms. The zero-order valence-corrected chi connectivity index (χ0v) is 21.6. The molecule has 0 radical (unpaired) electrons. The number of nitrogens with zero attached hydrogens (tertiary/aromatic N) is 1. The molecule has 0 aliphatic heterocycles. The summed E-state index contributed by atoms with van der Waals surface area (Å²) in [5, 5.41) is 0. The lowest BCUT2D eigenvalue weighted by atomic mass is 9.83. The number of fused-ring (bicyclic) bond motifs is 2. The average Bonchev–Trinajstić information content (AvgIpc) is 2.89. The van der Waals surface area contributed by atoms with Gasteiger partial charge in [-0.05, 0) is 31.0 Å². The van der Waals surface area contributed by atoms with Crippen molar-refractivity contribution in [1.29, 1.82) is 0 Å². The van der Waals surface area contributed by atoms with Crippen molar-refractivity contribution in [2.75, 3.05) is 13.1 Å². The molecule has 1 aliphatic carbocycles. The Bertz CT molecular complexity index is 994. The number of ketones is 2. The van der Waals surface area contributed by atoms with Crippen molar-refractivity contribution in [3.05, 3.63) is 70.3 Å². The number of amides is 1. The van der Waals surface area contributed by atoms with Crippen LogP contribution in [0.4, 0.5) is 0 Å². The van der Waals surface area contributed by atoms with E-state index in [0.717, 1.165) is 38.8 Å².